The van der Waals surface area contributed by atoms with Crippen molar-refractivity contribution in [1.29, 1.82) is 0 Å². The largest absolute Gasteiger partial charge is 0.373 e. The van der Waals surface area contributed by atoms with Gasteiger partial charge in [-0.2, -0.15) is 0 Å². The summed E-state index contributed by atoms with van der Waals surface area (Å²) >= 11 is 1.47. The first kappa shape index (κ1) is 12.1. The highest BCUT2D eigenvalue weighted by Crippen LogP contribution is 2.27. The second kappa shape index (κ2) is 5.38. The summed E-state index contributed by atoms with van der Waals surface area (Å²) in [6.45, 7) is 1.38. The van der Waals surface area contributed by atoms with Crippen molar-refractivity contribution in [2.45, 2.75) is 37.5 Å². The zero-order valence-electron chi connectivity index (χ0n) is 10.1. The average molecular weight is 267 g/mol. The van der Waals surface area contributed by atoms with Crippen LogP contribution in [0.25, 0.3) is 0 Å². The Balaban J connectivity index is 1.56. The number of amides is 1. The van der Waals surface area contributed by atoms with Crippen LogP contribution in [-0.4, -0.2) is 37.4 Å². The number of carbonyl (C=O) groups is 1. The van der Waals surface area contributed by atoms with Crippen LogP contribution in [0.4, 0.5) is 0 Å². The van der Waals surface area contributed by atoms with Crippen LogP contribution >= 0.6 is 11.3 Å². The van der Waals surface area contributed by atoms with E-state index in [9.17, 15) is 4.79 Å². The Bertz CT molecular complexity index is 406. The summed E-state index contributed by atoms with van der Waals surface area (Å²) in [4.78, 5) is 12.7. The number of thiophene rings is 1. The standard InChI is InChI=1S/C13H17NO3S/c15-13(12-2-1-7-18-12)14-9-3-4-10-11(8-9)17-6-5-16-10/h1-2,7,9-11H,3-6,8H2,(H,14,15). The molecule has 0 radical (unpaired) electrons. The van der Waals surface area contributed by atoms with E-state index in [0.29, 0.717) is 13.2 Å². The Morgan fingerprint density at radius 3 is 2.89 bits per heavy atom. The number of hydrogen-bond donors (Lipinski definition) is 1. The fourth-order valence-corrected chi connectivity index (χ4v) is 3.29. The molecule has 1 aromatic rings. The van der Waals surface area contributed by atoms with Gasteiger partial charge in [-0.15, -0.1) is 11.3 Å². The molecule has 0 bridgehead atoms. The fourth-order valence-electron chi connectivity index (χ4n) is 2.66. The van der Waals surface area contributed by atoms with Crippen LogP contribution in [0.5, 0.6) is 0 Å². The molecule has 5 heteroatoms. The Hall–Kier alpha value is -0.910. The van der Waals surface area contributed by atoms with Crippen molar-refractivity contribution in [3.05, 3.63) is 22.4 Å². The van der Waals surface area contributed by atoms with Crippen LogP contribution in [0.1, 0.15) is 28.9 Å². The molecule has 1 aliphatic heterocycles. The maximum atomic E-state index is 12.0. The topological polar surface area (TPSA) is 47.6 Å². The summed E-state index contributed by atoms with van der Waals surface area (Å²) in [7, 11) is 0. The third-order valence-electron chi connectivity index (χ3n) is 3.56. The van der Waals surface area contributed by atoms with Gasteiger partial charge in [-0.3, -0.25) is 4.79 Å². The van der Waals surface area contributed by atoms with E-state index in [1.165, 1.54) is 11.3 Å². The van der Waals surface area contributed by atoms with Crippen LogP contribution < -0.4 is 5.32 Å². The van der Waals surface area contributed by atoms with Gasteiger partial charge in [0.05, 0.1) is 30.3 Å². The van der Waals surface area contributed by atoms with Crippen molar-refractivity contribution in [2.24, 2.45) is 0 Å². The molecule has 1 saturated heterocycles. The highest BCUT2D eigenvalue weighted by Gasteiger charge is 2.34. The van der Waals surface area contributed by atoms with E-state index < -0.39 is 0 Å². The number of fused-ring (bicyclic) bond motifs is 1. The van der Waals surface area contributed by atoms with Crippen molar-refractivity contribution in [3.63, 3.8) is 0 Å². The first-order valence-electron chi connectivity index (χ1n) is 6.40. The van der Waals surface area contributed by atoms with E-state index in [1.807, 2.05) is 17.5 Å². The summed E-state index contributed by atoms with van der Waals surface area (Å²) in [5.74, 6) is 0.0326. The molecule has 4 nitrogen and oxygen atoms in total. The SMILES string of the molecule is O=C(NC1CCC2OCCOC2C1)c1cccs1. The average Bonchev–Trinajstić information content (AvgIpc) is 2.92. The highest BCUT2D eigenvalue weighted by molar-refractivity contribution is 7.12. The Morgan fingerprint density at radius 2 is 2.11 bits per heavy atom. The van der Waals surface area contributed by atoms with Gasteiger partial charge in [0, 0.05) is 6.04 Å². The van der Waals surface area contributed by atoms with Gasteiger partial charge in [-0.05, 0) is 30.7 Å². The number of carbonyl (C=O) groups excluding carboxylic acids is 1. The van der Waals surface area contributed by atoms with E-state index in [0.717, 1.165) is 24.1 Å². The van der Waals surface area contributed by atoms with Crippen LogP contribution in [-0.2, 0) is 9.47 Å². The summed E-state index contributed by atoms with van der Waals surface area (Å²) in [5.41, 5.74) is 0. The van der Waals surface area contributed by atoms with Crippen molar-refractivity contribution < 1.29 is 14.3 Å². The predicted octanol–water partition coefficient (Wildman–Crippen LogP) is 1.81. The van der Waals surface area contributed by atoms with Gasteiger partial charge in [0.15, 0.2) is 0 Å². The maximum absolute atomic E-state index is 12.0. The lowest BCUT2D eigenvalue weighted by atomic mass is 9.89. The third-order valence-corrected chi connectivity index (χ3v) is 4.43. The first-order chi connectivity index (χ1) is 8.83. The number of nitrogens with one attached hydrogen (secondary N) is 1. The van der Waals surface area contributed by atoms with Crippen LogP contribution in [0.15, 0.2) is 17.5 Å². The Morgan fingerprint density at radius 1 is 1.28 bits per heavy atom. The van der Waals surface area contributed by atoms with Crippen LogP contribution in [0.2, 0.25) is 0 Å². The molecular formula is C13H17NO3S. The second-order valence-electron chi connectivity index (χ2n) is 4.78. The Kier molecular flexibility index (Phi) is 3.63. The van der Waals surface area contributed by atoms with Gasteiger partial charge in [0.1, 0.15) is 0 Å². The molecule has 0 aromatic carbocycles. The van der Waals surface area contributed by atoms with Crippen molar-refractivity contribution in [2.75, 3.05) is 13.2 Å². The molecule has 3 unspecified atom stereocenters. The molecule has 1 aliphatic carbocycles. The lowest BCUT2D eigenvalue weighted by Crippen LogP contribution is -2.49. The molecule has 18 heavy (non-hydrogen) atoms. The fraction of sp³-hybridized carbons (Fsp3) is 0.615. The van der Waals surface area contributed by atoms with Crippen LogP contribution in [0, 0.1) is 0 Å². The number of rotatable bonds is 2. The highest BCUT2D eigenvalue weighted by atomic mass is 32.1. The van der Waals surface area contributed by atoms with Gasteiger partial charge in [-0.1, -0.05) is 6.07 Å². The van der Waals surface area contributed by atoms with Gasteiger partial charge in [-0.25, -0.2) is 0 Å². The van der Waals surface area contributed by atoms with Crippen molar-refractivity contribution in [1.82, 2.24) is 5.32 Å². The predicted molar refractivity (Wildman–Crippen MR) is 68.9 cm³/mol. The van der Waals surface area contributed by atoms with Crippen LogP contribution in [0.3, 0.4) is 0 Å². The van der Waals surface area contributed by atoms with Crippen molar-refractivity contribution >= 4 is 17.2 Å². The van der Waals surface area contributed by atoms with Gasteiger partial charge < -0.3 is 14.8 Å². The molecule has 3 atom stereocenters. The molecule has 1 aromatic heterocycles. The quantitative estimate of drug-likeness (QED) is 0.889. The molecule has 1 saturated carbocycles. The normalized spacial score (nSPS) is 31.7. The Labute approximate surface area is 110 Å². The summed E-state index contributed by atoms with van der Waals surface area (Å²) in [5, 5.41) is 5.01. The molecule has 1 N–H and O–H groups in total. The maximum Gasteiger partial charge on any atom is 0.261 e. The smallest absolute Gasteiger partial charge is 0.261 e. The minimum absolute atomic E-state index is 0.0326. The van der Waals surface area contributed by atoms with E-state index in [2.05, 4.69) is 5.32 Å². The first-order valence-corrected chi connectivity index (χ1v) is 7.28. The number of ether oxygens (including phenoxy) is 2. The van der Waals surface area contributed by atoms with E-state index in [1.54, 1.807) is 0 Å². The zero-order chi connectivity index (χ0) is 12.4. The lowest BCUT2D eigenvalue weighted by molar-refractivity contribution is -0.157. The minimum atomic E-state index is 0.0326. The monoisotopic (exact) mass is 267 g/mol. The van der Waals surface area contributed by atoms with E-state index in [4.69, 9.17) is 9.47 Å². The minimum Gasteiger partial charge on any atom is -0.373 e. The zero-order valence-corrected chi connectivity index (χ0v) is 10.9. The lowest BCUT2D eigenvalue weighted by Gasteiger charge is -2.39. The molecule has 3 rings (SSSR count). The molecule has 98 valence electrons. The molecule has 0 spiro atoms. The second-order valence-corrected chi connectivity index (χ2v) is 5.73. The molecule has 2 heterocycles. The number of hydrogen-bond acceptors (Lipinski definition) is 4. The van der Waals surface area contributed by atoms with Crippen molar-refractivity contribution in [3.8, 4) is 0 Å². The molecule has 1 amide bonds. The van der Waals surface area contributed by atoms with E-state index >= 15 is 0 Å². The van der Waals surface area contributed by atoms with Gasteiger partial charge >= 0.3 is 0 Å². The third kappa shape index (κ3) is 2.58. The molecule has 2 fully saturated rings. The van der Waals surface area contributed by atoms with Gasteiger partial charge in [0.25, 0.3) is 5.91 Å². The van der Waals surface area contributed by atoms with E-state index in [-0.39, 0.29) is 24.2 Å². The summed E-state index contributed by atoms with van der Waals surface area (Å²) < 4.78 is 11.4. The molecule has 2 aliphatic rings. The van der Waals surface area contributed by atoms with Gasteiger partial charge in [0.2, 0.25) is 0 Å². The summed E-state index contributed by atoms with van der Waals surface area (Å²) in [6, 6.07) is 3.96. The summed E-state index contributed by atoms with van der Waals surface area (Å²) in [6.07, 6.45) is 3.19. The molecular weight excluding hydrogens is 250 g/mol.